The zero-order chi connectivity index (χ0) is 22.8. The Labute approximate surface area is 195 Å². The molecule has 33 heavy (non-hydrogen) atoms. The predicted octanol–water partition coefficient (Wildman–Crippen LogP) is 2.88. The second-order valence-electron chi connectivity index (χ2n) is 9.74. The Morgan fingerprint density at radius 2 is 1.85 bits per heavy atom. The van der Waals surface area contributed by atoms with E-state index in [4.69, 9.17) is 9.15 Å². The summed E-state index contributed by atoms with van der Waals surface area (Å²) in [5.74, 6) is 1.56. The third kappa shape index (κ3) is 4.84. The molecule has 0 bridgehead atoms. The lowest BCUT2D eigenvalue weighted by Crippen LogP contribution is -2.37. The van der Waals surface area contributed by atoms with Crippen LogP contribution in [0.4, 0.5) is 0 Å². The van der Waals surface area contributed by atoms with Gasteiger partial charge in [-0.05, 0) is 43.2 Å². The number of carbonyl (C=O) groups excluding carboxylic acids is 2. The number of rotatable bonds is 7. The van der Waals surface area contributed by atoms with Gasteiger partial charge in [-0.1, -0.05) is 30.3 Å². The molecule has 0 radical (unpaired) electrons. The van der Waals surface area contributed by atoms with E-state index in [9.17, 15) is 9.59 Å². The molecule has 3 saturated heterocycles. The molecule has 2 aromatic rings. The van der Waals surface area contributed by atoms with Crippen LogP contribution < -0.4 is 5.32 Å². The van der Waals surface area contributed by atoms with Gasteiger partial charge in [-0.3, -0.25) is 9.59 Å². The molecule has 4 atom stereocenters. The number of carbonyl (C=O) groups is 2. The van der Waals surface area contributed by atoms with E-state index in [1.165, 1.54) is 0 Å². The maximum absolute atomic E-state index is 12.8. The number of fused-ring (bicyclic) bond motifs is 1. The second-order valence-corrected chi connectivity index (χ2v) is 9.74. The van der Waals surface area contributed by atoms with Gasteiger partial charge in [-0.25, -0.2) is 0 Å². The molecule has 2 amide bonds. The zero-order valence-corrected chi connectivity index (χ0v) is 19.2. The summed E-state index contributed by atoms with van der Waals surface area (Å²) in [7, 11) is 0. The summed E-state index contributed by atoms with van der Waals surface area (Å²) in [4.78, 5) is 30.0. The van der Waals surface area contributed by atoms with E-state index < -0.39 is 0 Å². The van der Waals surface area contributed by atoms with E-state index >= 15 is 0 Å². The summed E-state index contributed by atoms with van der Waals surface area (Å²) >= 11 is 0. The average molecular weight is 452 g/mol. The van der Waals surface area contributed by atoms with Gasteiger partial charge in [-0.2, -0.15) is 0 Å². The van der Waals surface area contributed by atoms with Crippen molar-refractivity contribution in [3.05, 3.63) is 59.5 Å². The summed E-state index contributed by atoms with van der Waals surface area (Å²) in [6.07, 6.45) is 3.26. The van der Waals surface area contributed by atoms with Gasteiger partial charge in [0.2, 0.25) is 5.91 Å². The highest BCUT2D eigenvalue weighted by molar-refractivity contribution is 5.93. The minimum atomic E-state index is -0.0383. The van der Waals surface area contributed by atoms with Gasteiger partial charge in [-0.15, -0.1) is 0 Å². The van der Waals surface area contributed by atoms with E-state index in [0.717, 1.165) is 56.7 Å². The quantitative estimate of drug-likeness (QED) is 0.701. The Balaban J connectivity index is 1.15. The Bertz CT molecular complexity index is 955. The fraction of sp³-hybridized carbons (Fsp3) is 0.538. The molecule has 3 unspecified atom stereocenters. The molecular formula is C26H33N3O4. The number of hydrogen-bond donors (Lipinski definition) is 1. The van der Waals surface area contributed by atoms with Crippen LogP contribution in [0.2, 0.25) is 0 Å². The fourth-order valence-corrected chi connectivity index (χ4v) is 5.52. The summed E-state index contributed by atoms with van der Waals surface area (Å²) in [6, 6.07) is 12.1. The molecule has 4 heterocycles. The Morgan fingerprint density at radius 1 is 1.09 bits per heavy atom. The van der Waals surface area contributed by atoms with E-state index in [-0.39, 0.29) is 23.8 Å². The highest BCUT2D eigenvalue weighted by atomic mass is 16.5. The molecule has 0 spiro atoms. The van der Waals surface area contributed by atoms with Crippen molar-refractivity contribution in [2.45, 2.75) is 25.8 Å². The lowest BCUT2D eigenvalue weighted by Gasteiger charge is -2.25. The van der Waals surface area contributed by atoms with Gasteiger partial charge in [0.1, 0.15) is 0 Å². The van der Waals surface area contributed by atoms with Crippen LogP contribution in [0.15, 0.2) is 47.1 Å². The second kappa shape index (κ2) is 9.69. The number of likely N-dealkylation sites (tertiary alicyclic amines) is 2. The molecule has 1 N–H and O–H groups in total. The van der Waals surface area contributed by atoms with Gasteiger partial charge in [0.25, 0.3) is 5.91 Å². The topological polar surface area (TPSA) is 75.0 Å². The lowest BCUT2D eigenvalue weighted by atomic mass is 10.0. The molecule has 3 fully saturated rings. The van der Waals surface area contributed by atoms with Gasteiger partial charge in [0, 0.05) is 44.9 Å². The van der Waals surface area contributed by atoms with Crippen molar-refractivity contribution in [3.63, 3.8) is 0 Å². The normalized spacial score (nSPS) is 25.8. The van der Waals surface area contributed by atoms with Crippen LogP contribution in [0, 0.1) is 24.7 Å². The minimum Gasteiger partial charge on any atom is -0.459 e. The van der Waals surface area contributed by atoms with Crippen LogP contribution >= 0.6 is 0 Å². The first kappa shape index (κ1) is 22.2. The van der Waals surface area contributed by atoms with Crippen LogP contribution in [0.1, 0.15) is 40.6 Å². The van der Waals surface area contributed by atoms with E-state index in [0.29, 0.717) is 30.8 Å². The summed E-state index contributed by atoms with van der Waals surface area (Å²) in [5.41, 5.74) is 2.05. The van der Waals surface area contributed by atoms with Crippen LogP contribution in [-0.2, 0) is 9.53 Å². The number of ether oxygens (including phenoxy) is 1. The predicted molar refractivity (Wildman–Crippen MR) is 124 cm³/mol. The number of aryl methyl sites for hydroxylation is 1. The van der Waals surface area contributed by atoms with Crippen LogP contribution in [0.5, 0.6) is 0 Å². The van der Waals surface area contributed by atoms with Gasteiger partial charge < -0.3 is 24.3 Å². The van der Waals surface area contributed by atoms with Crippen molar-refractivity contribution in [2.75, 3.05) is 45.9 Å². The molecule has 3 aliphatic heterocycles. The molecule has 0 saturated carbocycles. The van der Waals surface area contributed by atoms with Gasteiger partial charge in [0.15, 0.2) is 5.76 Å². The smallest absolute Gasteiger partial charge is 0.289 e. The van der Waals surface area contributed by atoms with Crippen LogP contribution in [0.25, 0.3) is 0 Å². The minimum absolute atomic E-state index is 0.000237. The summed E-state index contributed by atoms with van der Waals surface area (Å²) < 4.78 is 10.8. The standard InChI is InChI=1S/C26H33N3O4/c1-18-8-12-33-24(18)26(31)29-15-21-13-28(14-22(21)16-29)10-7-23(19-5-3-2-4-6-19)27-25(30)20-9-11-32-17-20/h2-6,8,12,20-23H,7,9-11,13-17H2,1H3,(H,27,30)/t20?,21-,22?,23?/m0/s1. The number of benzene rings is 1. The zero-order valence-electron chi connectivity index (χ0n) is 19.2. The molecule has 7 nitrogen and oxygen atoms in total. The van der Waals surface area contributed by atoms with Crippen molar-refractivity contribution in [1.82, 2.24) is 15.1 Å². The Hall–Kier alpha value is -2.64. The third-order valence-corrected chi connectivity index (χ3v) is 7.46. The van der Waals surface area contributed by atoms with E-state index in [2.05, 4.69) is 22.3 Å². The molecule has 7 heteroatoms. The fourth-order valence-electron chi connectivity index (χ4n) is 5.52. The number of nitrogens with one attached hydrogen (secondary N) is 1. The summed E-state index contributed by atoms with van der Waals surface area (Å²) in [5, 5.41) is 3.28. The van der Waals surface area contributed by atoms with Gasteiger partial charge >= 0.3 is 0 Å². The SMILES string of the molecule is Cc1ccoc1C(=O)N1CC2CN(CCC(NC(=O)C3CCOC3)c3ccccc3)C[C@H]2C1. The third-order valence-electron chi connectivity index (χ3n) is 7.46. The summed E-state index contributed by atoms with van der Waals surface area (Å²) in [6.45, 7) is 7.62. The highest BCUT2D eigenvalue weighted by Crippen LogP contribution is 2.33. The number of amides is 2. The van der Waals surface area contributed by atoms with Gasteiger partial charge in [0.05, 0.1) is 24.8 Å². The Morgan fingerprint density at radius 3 is 2.48 bits per heavy atom. The molecule has 3 aliphatic rings. The average Bonchev–Trinajstić information content (AvgIpc) is 3.61. The largest absolute Gasteiger partial charge is 0.459 e. The molecule has 1 aromatic heterocycles. The van der Waals surface area contributed by atoms with Crippen LogP contribution in [-0.4, -0.2) is 67.6 Å². The first-order valence-electron chi connectivity index (χ1n) is 12.1. The van der Waals surface area contributed by atoms with Crippen molar-refractivity contribution in [1.29, 1.82) is 0 Å². The maximum atomic E-state index is 12.8. The van der Waals surface area contributed by atoms with E-state index in [1.807, 2.05) is 36.1 Å². The number of hydrogen-bond acceptors (Lipinski definition) is 5. The number of furan rings is 1. The monoisotopic (exact) mass is 451 g/mol. The van der Waals surface area contributed by atoms with Crippen molar-refractivity contribution >= 4 is 11.8 Å². The van der Waals surface area contributed by atoms with Crippen molar-refractivity contribution in [2.24, 2.45) is 17.8 Å². The van der Waals surface area contributed by atoms with Crippen LogP contribution in [0.3, 0.4) is 0 Å². The lowest BCUT2D eigenvalue weighted by molar-refractivity contribution is -0.125. The first-order valence-corrected chi connectivity index (χ1v) is 12.1. The molecule has 1 aromatic carbocycles. The highest BCUT2D eigenvalue weighted by Gasteiger charge is 2.42. The molecule has 0 aliphatic carbocycles. The molecule has 5 rings (SSSR count). The van der Waals surface area contributed by atoms with Crippen molar-refractivity contribution in [3.8, 4) is 0 Å². The number of nitrogens with zero attached hydrogens (tertiary/aromatic N) is 2. The first-order chi connectivity index (χ1) is 16.1. The maximum Gasteiger partial charge on any atom is 0.289 e. The Kier molecular flexibility index (Phi) is 6.51. The van der Waals surface area contributed by atoms with E-state index in [1.54, 1.807) is 6.26 Å². The van der Waals surface area contributed by atoms with Crippen molar-refractivity contribution < 1.29 is 18.7 Å². The molecule has 176 valence electrons. The molecular weight excluding hydrogens is 418 g/mol.